The fourth-order valence-electron chi connectivity index (χ4n) is 4.00. The van der Waals surface area contributed by atoms with Crippen LogP contribution in [0.3, 0.4) is 0 Å². The van der Waals surface area contributed by atoms with Gasteiger partial charge in [0.25, 0.3) is 5.91 Å². The normalized spacial score (nSPS) is 13.2. The number of methoxy groups -OCH3 is 1. The molecule has 1 saturated heterocycles. The Morgan fingerprint density at radius 3 is 2.81 bits per heavy atom. The molecule has 0 spiro atoms. The SMILES string of the molecule is COCCNC(=O)c1ccc(C)c(Cc2ncc(-c3cc(OC(C)C)cc(N4CCNC4=O)c3)o2)c1. The average Bonchev–Trinajstić information content (AvgIpc) is 3.49. The molecule has 3 amide bonds. The van der Waals surface area contributed by atoms with Crippen LogP contribution in [-0.4, -0.2) is 56.4 Å². The van der Waals surface area contributed by atoms with E-state index in [-0.39, 0.29) is 18.0 Å². The van der Waals surface area contributed by atoms with Gasteiger partial charge in [-0.2, -0.15) is 0 Å². The van der Waals surface area contributed by atoms with Crippen LogP contribution < -0.4 is 20.3 Å². The minimum Gasteiger partial charge on any atom is -0.491 e. The van der Waals surface area contributed by atoms with Crippen molar-refractivity contribution in [3.63, 3.8) is 0 Å². The van der Waals surface area contributed by atoms with Crippen LogP contribution in [0.1, 0.15) is 41.2 Å². The lowest BCUT2D eigenvalue weighted by molar-refractivity contribution is 0.0937. The number of rotatable bonds is 10. The van der Waals surface area contributed by atoms with E-state index < -0.39 is 0 Å². The van der Waals surface area contributed by atoms with E-state index in [2.05, 4.69) is 15.6 Å². The molecule has 9 heteroatoms. The first-order valence-corrected chi connectivity index (χ1v) is 12.0. The van der Waals surface area contributed by atoms with Crippen molar-refractivity contribution in [2.24, 2.45) is 0 Å². The van der Waals surface area contributed by atoms with Crippen molar-refractivity contribution in [1.29, 1.82) is 0 Å². The standard InChI is InChI=1S/C27H32N4O5/c1-17(2)35-23-13-21(12-22(15-23)31-9-7-29-27(31)33)24-16-30-25(36-24)14-20-11-19(6-5-18(20)3)26(32)28-8-10-34-4/h5-6,11-13,15-17H,7-10,14H2,1-4H3,(H,28,32)(H,29,33). The van der Waals surface area contributed by atoms with Gasteiger partial charge in [-0.05, 0) is 56.2 Å². The molecule has 1 fully saturated rings. The fourth-order valence-corrected chi connectivity index (χ4v) is 4.00. The van der Waals surface area contributed by atoms with Crippen LogP contribution in [0, 0.1) is 6.92 Å². The number of nitrogens with zero attached hydrogens (tertiary/aromatic N) is 2. The Hall–Kier alpha value is -3.85. The van der Waals surface area contributed by atoms with Crippen LogP contribution in [0.2, 0.25) is 0 Å². The van der Waals surface area contributed by atoms with Gasteiger partial charge in [0.2, 0.25) is 0 Å². The highest BCUT2D eigenvalue weighted by molar-refractivity contribution is 5.95. The maximum Gasteiger partial charge on any atom is 0.321 e. The minimum absolute atomic E-state index is 0.0206. The number of hydrogen-bond acceptors (Lipinski definition) is 6. The first kappa shape index (κ1) is 25.2. The van der Waals surface area contributed by atoms with Crippen LogP contribution in [0.5, 0.6) is 5.75 Å². The molecule has 1 aliphatic heterocycles. The van der Waals surface area contributed by atoms with Crippen LogP contribution in [-0.2, 0) is 11.2 Å². The van der Waals surface area contributed by atoms with E-state index in [9.17, 15) is 9.59 Å². The second-order valence-corrected chi connectivity index (χ2v) is 8.95. The highest BCUT2D eigenvalue weighted by Gasteiger charge is 2.23. The number of oxazole rings is 1. The second kappa shape index (κ2) is 11.3. The molecule has 36 heavy (non-hydrogen) atoms. The highest BCUT2D eigenvalue weighted by atomic mass is 16.5. The van der Waals surface area contributed by atoms with Gasteiger partial charge in [0.05, 0.1) is 18.9 Å². The molecular weight excluding hydrogens is 460 g/mol. The summed E-state index contributed by atoms with van der Waals surface area (Å²) in [5.41, 5.74) is 4.07. The van der Waals surface area contributed by atoms with Crippen molar-refractivity contribution in [2.75, 3.05) is 38.3 Å². The van der Waals surface area contributed by atoms with E-state index in [1.807, 2.05) is 51.1 Å². The van der Waals surface area contributed by atoms with Crippen LogP contribution in [0.25, 0.3) is 11.3 Å². The van der Waals surface area contributed by atoms with Gasteiger partial charge in [0.15, 0.2) is 11.7 Å². The smallest absolute Gasteiger partial charge is 0.321 e. The number of anilines is 1. The summed E-state index contributed by atoms with van der Waals surface area (Å²) in [6.45, 7) is 7.98. The molecule has 0 saturated carbocycles. The lowest BCUT2D eigenvalue weighted by atomic mass is 10.0. The summed E-state index contributed by atoms with van der Waals surface area (Å²) >= 11 is 0. The first-order valence-electron chi connectivity index (χ1n) is 12.0. The number of aryl methyl sites for hydroxylation is 1. The van der Waals surface area contributed by atoms with E-state index in [4.69, 9.17) is 13.9 Å². The summed E-state index contributed by atoms with van der Waals surface area (Å²) in [4.78, 5) is 30.9. The average molecular weight is 493 g/mol. The summed E-state index contributed by atoms with van der Waals surface area (Å²) in [7, 11) is 1.60. The number of nitrogens with one attached hydrogen (secondary N) is 2. The third-order valence-corrected chi connectivity index (χ3v) is 5.81. The van der Waals surface area contributed by atoms with Crippen molar-refractivity contribution in [3.8, 4) is 17.1 Å². The van der Waals surface area contributed by atoms with Crippen molar-refractivity contribution in [1.82, 2.24) is 15.6 Å². The number of amides is 3. The van der Waals surface area contributed by atoms with E-state index >= 15 is 0 Å². The summed E-state index contributed by atoms with van der Waals surface area (Å²) < 4.78 is 17.0. The number of carbonyl (C=O) groups is 2. The second-order valence-electron chi connectivity index (χ2n) is 8.95. The molecule has 0 unspecified atom stereocenters. The minimum atomic E-state index is -0.151. The molecule has 2 N–H and O–H groups in total. The van der Waals surface area contributed by atoms with Gasteiger partial charge in [0, 0.05) is 56.0 Å². The monoisotopic (exact) mass is 492 g/mol. The van der Waals surface area contributed by atoms with Crippen molar-refractivity contribution < 1.29 is 23.5 Å². The van der Waals surface area contributed by atoms with E-state index in [1.165, 1.54) is 0 Å². The topological polar surface area (TPSA) is 106 Å². The quantitative estimate of drug-likeness (QED) is 0.416. The molecule has 0 bridgehead atoms. The van der Waals surface area contributed by atoms with Gasteiger partial charge in [-0.25, -0.2) is 9.78 Å². The first-order chi connectivity index (χ1) is 17.3. The maximum absolute atomic E-state index is 12.4. The van der Waals surface area contributed by atoms with Gasteiger partial charge in [-0.1, -0.05) is 6.07 Å². The number of urea groups is 1. The predicted molar refractivity (Wildman–Crippen MR) is 137 cm³/mol. The molecule has 3 aromatic rings. The molecule has 190 valence electrons. The molecule has 2 aromatic carbocycles. The van der Waals surface area contributed by atoms with E-state index in [1.54, 1.807) is 24.3 Å². The Morgan fingerprint density at radius 2 is 2.08 bits per heavy atom. The molecule has 9 nitrogen and oxygen atoms in total. The van der Waals surface area contributed by atoms with E-state index in [0.717, 1.165) is 22.4 Å². The van der Waals surface area contributed by atoms with Crippen LogP contribution in [0.15, 0.2) is 47.0 Å². The summed E-state index contributed by atoms with van der Waals surface area (Å²) in [5, 5.41) is 5.67. The molecule has 0 atom stereocenters. The zero-order valence-electron chi connectivity index (χ0n) is 21.1. The van der Waals surface area contributed by atoms with Crippen LogP contribution in [0.4, 0.5) is 10.5 Å². The number of carbonyl (C=O) groups excluding carboxylic acids is 2. The Kier molecular flexibility index (Phi) is 7.90. The zero-order chi connectivity index (χ0) is 25.7. The predicted octanol–water partition coefficient (Wildman–Crippen LogP) is 3.93. The Balaban J connectivity index is 1.57. The Morgan fingerprint density at radius 1 is 1.25 bits per heavy atom. The maximum atomic E-state index is 12.4. The number of benzene rings is 2. The molecule has 0 radical (unpaired) electrons. The van der Waals surface area contributed by atoms with Gasteiger partial charge < -0.3 is 24.5 Å². The van der Waals surface area contributed by atoms with Gasteiger partial charge >= 0.3 is 6.03 Å². The Bertz CT molecular complexity index is 1240. The molecule has 4 rings (SSSR count). The lowest BCUT2D eigenvalue weighted by Crippen LogP contribution is -2.27. The summed E-state index contributed by atoms with van der Waals surface area (Å²) in [6.07, 6.45) is 2.09. The third kappa shape index (κ3) is 6.04. The van der Waals surface area contributed by atoms with Crippen LogP contribution >= 0.6 is 0 Å². The fraction of sp³-hybridized carbons (Fsp3) is 0.370. The molecule has 1 aromatic heterocycles. The van der Waals surface area contributed by atoms with Gasteiger partial charge in [-0.15, -0.1) is 0 Å². The largest absolute Gasteiger partial charge is 0.491 e. The molecule has 2 heterocycles. The molecule has 0 aliphatic carbocycles. The third-order valence-electron chi connectivity index (χ3n) is 5.81. The van der Waals surface area contributed by atoms with Crippen molar-refractivity contribution >= 4 is 17.6 Å². The Labute approximate surface area is 210 Å². The molecular formula is C27H32N4O5. The van der Waals surface area contributed by atoms with E-state index in [0.29, 0.717) is 55.6 Å². The summed E-state index contributed by atoms with van der Waals surface area (Å²) in [5.74, 6) is 1.60. The summed E-state index contributed by atoms with van der Waals surface area (Å²) in [6, 6.07) is 11.1. The number of aromatic nitrogens is 1. The number of ether oxygens (including phenoxy) is 2. The highest BCUT2D eigenvalue weighted by Crippen LogP contribution is 2.32. The van der Waals surface area contributed by atoms with Gasteiger partial charge in [-0.3, -0.25) is 9.69 Å². The van der Waals surface area contributed by atoms with Gasteiger partial charge in [0.1, 0.15) is 5.75 Å². The lowest BCUT2D eigenvalue weighted by Gasteiger charge is -2.18. The zero-order valence-corrected chi connectivity index (χ0v) is 21.1. The number of hydrogen-bond donors (Lipinski definition) is 2. The van der Waals surface area contributed by atoms with Crippen molar-refractivity contribution in [3.05, 3.63) is 65.2 Å². The van der Waals surface area contributed by atoms with Crippen molar-refractivity contribution in [2.45, 2.75) is 33.3 Å². The molecule has 1 aliphatic rings.